The van der Waals surface area contributed by atoms with Crippen LogP contribution in [0.25, 0.3) is 6.08 Å². The minimum absolute atomic E-state index is 0.0626. The van der Waals surface area contributed by atoms with Gasteiger partial charge in [0.15, 0.2) is 0 Å². The minimum Gasteiger partial charge on any atom is -0.394 e. The summed E-state index contributed by atoms with van der Waals surface area (Å²) in [4.78, 5) is 11.5. The molecule has 4 heteroatoms. The lowest BCUT2D eigenvalue weighted by Crippen LogP contribution is -2.35. The molecule has 0 fully saturated rings. The third-order valence-electron chi connectivity index (χ3n) is 2.53. The van der Waals surface area contributed by atoms with Gasteiger partial charge in [0.05, 0.1) is 24.3 Å². The van der Waals surface area contributed by atoms with Gasteiger partial charge in [-0.25, -0.2) is 0 Å². The second-order valence-corrected chi connectivity index (χ2v) is 3.86. The molecule has 1 atom stereocenters. The summed E-state index contributed by atoms with van der Waals surface area (Å²) < 4.78 is 0. The lowest BCUT2D eigenvalue weighted by Gasteiger charge is -2.11. The lowest BCUT2D eigenvalue weighted by molar-refractivity contribution is -0.117. The average molecular weight is 244 g/mol. The topological polar surface area (TPSA) is 73.1 Å². The highest BCUT2D eigenvalue weighted by Gasteiger charge is 2.05. The summed E-state index contributed by atoms with van der Waals surface area (Å²) >= 11 is 0. The predicted molar refractivity (Wildman–Crippen MR) is 69.5 cm³/mol. The number of rotatable bonds is 5. The van der Waals surface area contributed by atoms with Crippen LogP contribution in [0.15, 0.2) is 30.3 Å². The van der Waals surface area contributed by atoms with E-state index in [0.29, 0.717) is 12.0 Å². The molecule has 0 aromatic heterocycles. The molecule has 0 aliphatic heterocycles. The van der Waals surface area contributed by atoms with E-state index in [9.17, 15) is 4.79 Å². The monoisotopic (exact) mass is 244 g/mol. The number of nitrogens with zero attached hydrogens (tertiary/aromatic N) is 1. The quantitative estimate of drug-likeness (QED) is 0.770. The van der Waals surface area contributed by atoms with Gasteiger partial charge in [-0.3, -0.25) is 4.79 Å². The minimum atomic E-state index is -0.236. The normalized spacial score (nSPS) is 12.1. The zero-order valence-electron chi connectivity index (χ0n) is 10.3. The second kappa shape index (κ2) is 7.25. The highest BCUT2D eigenvalue weighted by Crippen LogP contribution is 2.05. The molecule has 0 aliphatic carbocycles. The highest BCUT2D eigenvalue weighted by atomic mass is 16.3. The van der Waals surface area contributed by atoms with Crippen molar-refractivity contribution in [2.24, 2.45) is 0 Å². The van der Waals surface area contributed by atoms with Gasteiger partial charge in [0.25, 0.3) is 0 Å². The van der Waals surface area contributed by atoms with Crippen LogP contribution in [-0.2, 0) is 4.79 Å². The van der Waals surface area contributed by atoms with Crippen molar-refractivity contribution in [3.63, 3.8) is 0 Å². The molecule has 18 heavy (non-hydrogen) atoms. The molecule has 0 saturated heterocycles. The van der Waals surface area contributed by atoms with E-state index in [0.717, 1.165) is 5.56 Å². The van der Waals surface area contributed by atoms with Crippen LogP contribution in [0.3, 0.4) is 0 Å². The number of carbonyl (C=O) groups excluding carboxylic acids is 1. The zero-order chi connectivity index (χ0) is 13.4. The summed E-state index contributed by atoms with van der Waals surface area (Å²) in [5.41, 5.74) is 1.43. The standard InChI is InChI=1S/C14H16N2O2/c1-2-13(10-17)16-14(18)8-7-11-3-5-12(9-15)6-4-11/h3-8,13,17H,2,10H2,1H3,(H,16,18)/b8-7+. The first-order chi connectivity index (χ1) is 8.69. The summed E-state index contributed by atoms with van der Waals surface area (Å²) in [5, 5.41) is 20.3. The molecule has 1 unspecified atom stereocenters. The molecule has 1 rings (SSSR count). The Morgan fingerprint density at radius 1 is 1.50 bits per heavy atom. The number of benzene rings is 1. The van der Waals surface area contributed by atoms with Gasteiger partial charge >= 0.3 is 0 Å². The first-order valence-corrected chi connectivity index (χ1v) is 5.79. The van der Waals surface area contributed by atoms with Crippen LogP contribution < -0.4 is 5.32 Å². The average Bonchev–Trinajstić information content (AvgIpc) is 2.43. The summed E-state index contributed by atoms with van der Waals surface area (Å²) in [6.45, 7) is 1.83. The van der Waals surface area contributed by atoms with E-state index < -0.39 is 0 Å². The Morgan fingerprint density at radius 3 is 2.67 bits per heavy atom. The van der Waals surface area contributed by atoms with Gasteiger partial charge in [-0.2, -0.15) is 5.26 Å². The molecular formula is C14H16N2O2. The van der Waals surface area contributed by atoms with Crippen molar-refractivity contribution < 1.29 is 9.90 Å². The smallest absolute Gasteiger partial charge is 0.244 e. The number of nitrogens with one attached hydrogen (secondary N) is 1. The molecule has 4 nitrogen and oxygen atoms in total. The van der Waals surface area contributed by atoms with Gasteiger partial charge < -0.3 is 10.4 Å². The molecule has 0 bridgehead atoms. The molecule has 1 amide bonds. The van der Waals surface area contributed by atoms with Crippen molar-refractivity contribution in [2.45, 2.75) is 19.4 Å². The maximum absolute atomic E-state index is 11.5. The van der Waals surface area contributed by atoms with Gasteiger partial charge in [-0.1, -0.05) is 19.1 Å². The number of aliphatic hydroxyl groups excluding tert-OH is 1. The number of aliphatic hydroxyl groups is 1. The summed E-state index contributed by atoms with van der Waals surface area (Å²) in [6.07, 6.45) is 3.77. The molecule has 94 valence electrons. The number of nitriles is 1. The van der Waals surface area contributed by atoms with E-state index in [1.165, 1.54) is 6.08 Å². The van der Waals surface area contributed by atoms with Crippen LogP contribution in [0.4, 0.5) is 0 Å². The van der Waals surface area contributed by atoms with Crippen molar-refractivity contribution in [3.8, 4) is 6.07 Å². The third kappa shape index (κ3) is 4.40. The third-order valence-corrected chi connectivity index (χ3v) is 2.53. The molecular weight excluding hydrogens is 228 g/mol. The van der Waals surface area contributed by atoms with E-state index >= 15 is 0 Å². The van der Waals surface area contributed by atoms with Gasteiger partial charge in [-0.05, 0) is 30.2 Å². The van der Waals surface area contributed by atoms with Crippen LogP contribution in [0.2, 0.25) is 0 Å². The molecule has 0 spiro atoms. The van der Waals surface area contributed by atoms with Crippen molar-refractivity contribution in [2.75, 3.05) is 6.61 Å². The van der Waals surface area contributed by atoms with Gasteiger partial charge in [0, 0.05) is 6.08 Å². The summed E-state index contributed by atoms with van der Waals surface area (Å²) in [7, 11) is 0. The zero-order valence-corrected chi connectivity index (χ0v) is 10.3. The van der Waals surface area contributed by atoms with Crippen LogP contribution in [0, 0.1) is 11.3 Å². The van der Waals surface area contributed by atoms with Crippen molar-refractivity contribution >= 4 is 12.0 Å². The molecule has 0 saturated carbocycles. The fraction of sp³-hybridized carbons (Fsp3) is 0.286. The van der Waals surface area contributed by atoms with E-state index in [4.69, 9.17) is 10.4 Å². The molecule has 1 aromatic rings. The van der Waals surface area contributed by atoms with E-state index in [1.807, 2.05) is 13.0 Å². The lowest BCUT2D eigenvalue weighted by atomic mass is 10.1. The molecule has 0 heterocycles. The molecule has 1 aromatic carbocycles. The van der Waals surface area contributed by atoms with Crippen LogP contribution in [-0.4, -0.2) is 23.7 Å². The van der Waals surface area contributed by atoms with E-state index in [2.05, 4.69) is 5.32 Å². The van der Waals surface area contributed by atoms with Crippen molar-refractivity contribution in [1.82, 2.24) is 5.32 Å². The number of amides is 1. The SMILES string of the molecule is CCC(CO)NC(=O)/C=C/c1ccc(C#N)cc1. The van der Waals surface area contributed by atoms with E-state index in [1.54, 1.807) is 30.3 Å². The van der Waals surface area contributed by atoms with Crippen LogP contribution >= 0.6 is 0 Å². The Balaban J connectivity index is 2.58. The predicted octanol–water partition coefficient (Wildman–Crippen LogP) is 1.46. The van der Waals surface area contributed by atoms with Gasteiger partial charge in [0.2, 0.25) is 5.91 Å². The van der Waals surface area contributed by atoms with Gasteiger partial charge in [-0.15, -0.1) is 0 Å². The molecule has 2 N–H and O–H groups in total. The Morgan fingerprint density at radius 2 is 2.17 bits per heavy atom. The second-order valence-electron chi connectivity index (χ2n) is 3.86. The number of hydrogen-bond donors (Lipinski definition) is 2. The largest absolute Gasteiger partial charge is 0.394 e. The Hall–Kier alpha value is -2.12. The van der Waals surface area contributed by atoms with E-state index in [-0.39, 0.29) is 18.6 Å². The fourth-order valence-electron chi connectivity index (χ4n) is 1.37. The van der Waals surface area contributed by atoms with Crippen molar-refractivity contribution in [1.29, 1.82) is 5.26 Å². The molecule has 0 radical (unpaired) electrons. The van der Waals surface area contributed by atoms with Crippen LogP contribution in [0.5, 0.6) is 0 Å². The first kappa shape index (κ1) is 13.9. The fourth-order valence-corrected chi connectivity index (χ4v) is 1.37. The highest BCUT2D eigenvalue weighted by molar-refractivity contribution is 5.91. The Kier molecular flexibility index (Phi) is 5.62. The van der Waals surface area contributed by atoms with Crippen LogP contribution in [0.1, 0.15) is 24.5 Å². The number of carbonyl (C=O) groups is 1. The Labute approximate surface area is 107 Å². The van der Waals surface area contributed by atoms with Gasteiger partial charge in [0.1, 0.15) is 0 Å². The maximum atomic E-state index is 11.5. The van der Waals surface area contributed by atoms with Crippen molar-refractivity contribution in [3.05, 3.63) is 41.5 Å². The number of hydrogen-bond acceptors (Lipinski definition) is 3. The summed E-state index contributed by atoms with van der Waals surface area (Å²) in [6, 6.07) is 8.75. The molecule has 0 aliphatic rings. The maximum Gasteiger partial charge on any atom is 0.244 e. The first-order valence-electron chi connectivity index (χ1n) is 5.79. The Bertz CT molecular complexity index is 454. The summed E-state index contributed by atoms with van der Waals surface area (Å²) in [5.74, 6) is -0.236.